The molecule has 0 saturated carbocycles. The largest absolute Gasteiger partial charge is 0.507 e. The highest BCUT2D eigenvalue weighted by Crippen LogP contribution is 2.46. The molecule has 4 heteroatoms. The van der Waals surface area contributed by atoms with Gasteiger partial charge in [0.2, 0.25) is 0 Å². The lowest BCUT2D eigenvalue weighted by atomic mass is 9.67. The van der Waals surface area contributed by atoms with E-state index < -0.39 is 0 Å². The molecule has 30 heavy (non-hydrogen) atoms. The number of hydrogen-bond acceptors (Lipinski definition) is 3. The summed E-state index contributed by atoms with van der Waals surface area (Å²) in [5.41, 5.74) is 6.27. The zero-order valence-corrected chi connectivity index (χ0v) is 18.9. The number of halogens is 1. The van der Waals surface area contributed by atoms with Crippen molar-refractivity contribution in [2.45, 2.75) is 39.5 Å². The van der Waals surface area contributed by atoms with Crippen LogP contribution < -0.4 is 10.6 Å². The van der Waals surface area contributed by atoms with Gasteiger partial charge < -0.3 is 15.7 Å². The molecular formula is C26H37FN2O. The second kappa shape index (κ2) is 11.9. The smallest absolute Gasteiger partial charge is 0.123 e. The molecule has 1 spiro atoms. The van der Waals surface area contributed by atoms with Gasteiger partial charge in [-0.2, -0.15) is 0 Å². The summed E-state index contributed by atoms with van der Waals surface area (Å²) in [6.45, 7) is 7.41. The lowest BCUT2D eigenvalue weighted by Gasteiger charge is -2.40. The Hall–Kier alpha value is -2.17. The lowest BCUT2D eigenvalue weighted by molar-refractivity contribution is 0.268. The fourth-order valence-electron chi connectivity index (χ4n) is 4.24. The first-order valence-corrected chi connectivity index (χ1v) is 11.0. The Morgan fingerprint density at radius 1 is 1.03 bits per heavy atom. The van der Waals surface area contributed by atoms with Gasteiger partial charge in [0.1, 0.15) is 5.75 Å². The second-order valence-electron chi connectivity index (χ2n) is 7.92. The van der Waals surface area contributed by atoms with Gasteiger partial charge in [-0.25, -0.2) is 0 Å². The van der Waals surface area contributed by atoms with E-state index in [4.69, 9.17) is 0 Å². The van der Waals surface area contributed by atoms with E-state index in [9.17, 15) is 9.50 Å². The molecular weight excluding hydrogens is 375 g/mol. The van der Waals surface area contributed by atoms with Crippen LogP contribution in [0.3, 0.4) is 0 Å². The number of rotatable bonds is 3. The molecule has 1 aliphatic heterocycles. The second-order valence-corrected chi connectivity index (χ2v) is 7.92. The monoisotopic (exact) mass is 412 g/mol. The Labute approximate surface area is 181 Å². The van der Waals surface area contributed by atoms with Crippen molar-refractivity contribution in [3.8, 4) is 5.75 Å². The summed E-state index contributed by atoms with van der Waals surface area (Å²) in [4.78, 5) is 0. The summed E-state index contributed by atoms with van der Waals surface area (Å²) >= 11 is 0. The van der Waals surface area contributed by atoms with Crippen molar-refractivity contribution in [1.82, 2.24) is 10.6 Å². The third-order valence-corrected chi connectivity index (χ3v) is 6.01. The third kappa shape index (κ3) is 5.71. The first-order chi connectivity index (χ1) is 14.6. The summed E-state index contributed by atoms with van der Waals surface area (Å²) in [5, 5.41) is 17.0. The molecule has 2 aromatic carbocycles. The Bertz CT molecular complexity index is 824. The fourth-order valence-corrected chi connectivity index (χ4v) is 4.24. The number of hydrogen-bond donors (Lipinski definition) is 3. The number of benzene rings is 2. The van der Waals surface area contributed by atoms with Gasteiger partial charge in [-0.3, -0.25) is 4.39 Å². The summed E-state index contributed by atoms with van der Waals surface area (Å²) in [5.74, 6) is 0.404. The highest BCUT2D eigenvalue weighted by Gasteiger charge is 2.35. The van der Waals surface area contributed by atoms with Crippen LogP contribution in [0.4, 0.5) is 4.39 Å². The van der Waals surface area contributed by atoms with Gasteiger partial charge in [0.15, 0.2) is 0 Å². The first kappa shape index (κ1) is 24.1. The molecule has 0 radical (unpaired) electrons. The maximum Gasteiger partial charge on any atom is 0.123 e. The molecule has 3 N–H and O–H groups in total. The molecule has 0 bridgehead atoms. The van der Waals surface area contributed by atoms with Crippen LogP contribution in [-0.2, 0) is 12.8 Å². The molecule has 1 fully saturated rings. The summed E-state index contributed by atoms with van der Waals surface area (Å²) < 4.78 is 9.50. The zero-order chi connectivity index (χ0) is 22.0. The average molecular weight is 413 g/mol. The molecule has 0 amide bonds. The topological polar surface area (TPSA) is 44.3 Å². The predicted octanol–water partition coefficient (Wildman–Crippen LogP) is 5.12. The van der Waals surface area contributed by atoms with Gasteiger partial charge in [0.05, 0.1) is 7.18 Å². The van der Waals surface area contributed by atoms with Crippen LogP contribution >= 0.6 is 0 Å². The van der Waals surface area contributed by atoms with Crippen LogP contribution in [0, 0.1) is 5.41 Å². The molecule has 4 rings (SSSR count). The van der Waals surface area contributed by atoms with Gasteiger partial charge in [-0.15, -0.1) is 0 Å². The van der Waals surface area contributed by atoms with Gasteiger partial charge >= 0.3 is 0 Å². The fraction of sp³-hybridized carbons (Fsp3) is 0.462. The Balaban J connectivity index is 0.000000481. The normalized spacial score (nSPS) is 16.4. The van der Waals surface area contributed by atoms with E-state index in [-0.39, 0.29) is 5.41 Å². The number of aryl methyl sites for hydroxylation is 1. The molecule has 3 nitrogen and oxygen atoms in total. The van der Waals surface area contributed by atoms with Crippen LogP contribution in [0.2, 0.25) is 0 Å². The van der Waals surface area contributed by atoms with E-state index in [1.54, 1.807) is 0 Å². The Morgan fingerprint density at radius 3 is 2.30 bits per heavy atom. The number of allylic oxidation sites excluding steroid dienone is 1. The number of fused-ring (bicyclic) bond motifs is 1. The van der Waals surface area contributed by atoms with Crippen LogP contribution in [0.15, 0.2) is 48.5 Å². The molecule has 1 saturated heterocycles. The molecule has 2 aliphatic rings. The summed E-state index contributed by atoms with van der Waals surface area (Å²) in [6.07, 6.45) is 6.84. The van der Waals surface area contributed by atoms with Gasteiger partial charge in [0, 0.05) is 5.56 Å². The number of phenolic OH excluding ortho intramolecular Hbond substituents is 1. The predicted molar refractivity (Wildman–Crippen MR) is 126 cm³/mol. The van der Waals surface area contributed by atoms with E-state index in [0.717, 1.165) is 38.0 Å². The van der Waals surface area contributed by atoms with Crippen molar-refractivity contribution in [3.63, 3.8) is 0 Å². The minimum atomic E-state index is 0.227. The van der Waals surface area contributed by atoms with Crippen molar-refractivity contribution in [2.24, 2.45) is 5.41 Å². The Kier molecular flexibility index (Phi) is 9.54. The molecule has 0 aromatic heterocycles. The van der Waals surface area contributed by atoms with Gasteiger partial charge in [0.25, 0.3) is 0 Å². The number of aromatic hydroxyl groups is 1. The molecule has 1 aliphatic carbocycles. The standard InChI is InChI=1S/C22H25NO.C3H9N.CH3F/c1-2-16-7-8-19(21(24)13-16)20-15-22(9-11-23-12-10-22)14-17-5-3-4-6-18(17)20;1-3-4-2;1-2/h3-8,13,15,23-24H,2,9-12,14H2,1H3;4H,3H2,1-2H3;1H3. The van der Waals surface area contributed by atoms with Crippen molar-refractivity contribution < 1.29 is 9.50 Å². The number of phenols is 1. The van der Waals surface area contributed by atoms with E-state index in [0.29, 0.717) is 12.9 Å². The van der Waals surface area contributed by atoms with Gasteiger partial charge in [-0.05, 0) is 86.1 Å². The SMILES string of the molecule is CCNC.CCc1ccc(C2=CC3(CCNCC3)Cc3ccccc32)c(O)c1.CF. The highest BCUT2D eigenvalue weighted by atomic mass is 19.1. The van der Waals surface area contributed by atoms with Crippen LogP contribution in [-0.4, -0.2) is 39.0 Å². The minimum absolute atomic E-state index is 0.227. The van der Waals surface area contributed by atoms with Crippen molar-refractivity contribution in [2.75, 3.05) is 33.9 Å². The quantitative estimate of drug-likeness (QED) is 0.655. The molecule has 164 valence electrons. The van der Waals surface area contributed by atoms with Crippen LogP contribution in [0.1, 0.15) is 48.9 Å². The van der Waals surface area contributed by atoms with E-state index in [2.05, 4.69) is 67.0 Å². The summed E-state index contributed by atoms with van der Waals surface area (Å²) in [6, 6.07) is 14.8. The maximum atomic E-state index is 10.6. The average Bonchev–Trinajstić information content (AvgIpc) is 2.80. The first-order valence-electron chi connectivity index (χ1n) is 11.0. The van der Waals surface area contributed by atoms with Gasteiger partial charge in [-0.1, -0.05) is 56.3 Å². The van der Waals surface area contributed by atoms with Crippen molar-refractivity contribution in [1.29, 1.82) is 0 Å². The molecule has 2 aromatic rings. The van der Waals surface area contributed by atoms with E-state index in [1.807, 2.05) is 13.1 Å². The third-order valence-electron chi connectivity index (χ3n) is 6.01. The number of piperidine rings is 1. The number of nitrogens with one attached hydrogen (secondary N) is 2. The minimum Gasteiger partial charge on any atom is -0.507 e. The van der Waals surface area contributed by atoms with Crippen molar-refractivity contribution in [3.05, 3.63) is 70.8 Å². The van der Waals surface area contributed by atoms with Crippen LogP contribution in [0.25, 0.3) is 5.57 Å². The maximum absolute atomic E-state index is 10.6. The van der Waals surface area contributed by atoms with E-state index >= 15 is 0 Å². The zero-order valence-electron chi connectivity index (χ0n) is 18.9. The van der Waals surface area contributed by atoms with Crippen LogP contribution in [0.5, 0.6) is 5.75 Å². The van der Waals surface area contributed by atoms with E-state index in [1.165, 1.54) is 35.1 Å². The molecule has 0 atom stereocenters. The lowest BCUT2D eigenvalue weighted by Crippen LogP contribution is -2.38. The summed E-state index contributed by atoms with van der Waals surface area (Å²) in [7, 11) is 2.43. The molecule has 1 heterocycles. The number of alkyl halides is 1. The molecule has 0 unspecified atom stereocenters. The Morgan fingerprint density at radius 2 is 1.70 bits per heavy atom. The van der Waals surface area contributed by atoms with Crippen molar-refractivity contribution >= 4 is 5.57 Å². The highest BCUT2D eigenvalue weighted by molar-refractivity contribution is 5.86.